The smallest absolute Gasteiger partial charge is 0.408 e. The zero-order valence-electron chi connectivity index (χ0n) is 11.7. The second-order valence-electron chi connectivity index (χ2n) is 5.27. The molecule has 0 radical (unpaired) electrons. The maximum absolute atomic E-state index is 11.7. The van der Waals surface area contributed by atoms with E-state index < -0.39 is 11.7 Å². The number of carbonyl (C=O) groups excluding carboxylic acids is 1. The van der Waals surface area contributed by atoms with Crippen molar-refractivity contribution in [1.29, 1.82) is 0 Å². The molecule has 1 unspecified atom stereocenters. The van der Waals surface area contributed by atoms with Crippen LogP contribution in [0.2, 0.25) is 0 Å². The van der Waals surface area contributed by atoms with Crippen molar-refractivity contribution in [2.75, 3.05) is 6.54 Å². The van der Waals surface area contributed by atoms with Crippen LogP contribution in [0.4, 0.5) is 4.79 Å². The highest BCUT2D eigenvalue weighted by Gasteiger charge is 2.21. The van der Waals surface area contributed by atoms with Crippen molar-refractivity contribution in [3.8, 4) is 0 Å². The molecule has 1 rings (SSSR count). The summed E-state index contributed by atoms with van der Waals surface area (Å²) in [5.41, 5.74) is 6.88. The van der Waals surface area contributed by atoms with Crippen molar-refractivity contribution in [3.05, 3.63) is 17.5 Å². The van der Waals surface area contributed by atoms with Gasteiger partial charge in [0.05, 0.1) is 11.7 Å². The minimum absolute atomic E-state index is 0.274. The van der Waals surface area contributed by atoms with Gasteiger partial charge in [0.2, 0.25) is 0 Å². The molecule has 18 heavy (non-hydrogen) atoms. The topological polar surface area (TPSA) is 82.2 Å². The van der Waals surface area contributed by atoms with Gasteiger partial charge in [0.25, 0.3) is 0 Å². The first kappa shape index (κ1) is 14.5. The number of amides is 1. The van der Waals surface area contributed by atoms with Crippen molar-refractivity contribution in [1.82, 2.24) is 15.1 Å². The molecule has 0 spiro atoms. The molecule has 1 aromatic heterocycles. The Labute approximate surface area is 107 Å². The van der Waals surface area contributed by atoms with Crippen molar-refractivity contribution < 1.29 is 9.53 Å². The van der Waals surface area contributed by atoms with Gasteiger partial charge >= 0.3 is 6.09 Å². The molecule has 0 aliphatic rings. The molecule has 6 nitrogen and oxygen atoms in total. The third-order valence-electron chi connectivity index (χ3n) is 2.42. The van der Waals surface area contributed by atoms with Crippen LogP contribution in [0, 0.1) is 6.92 Å². The van der Waals surface area contributed by atoms with E-state index in [-0.39, 0.29) is 12.6 Å². The van der Waals surface area contributed by atoms with Crippen LogP contribution >= 0.6 is 0 Å². The second kappa shape index (κ2) is 5.39. The Morgan fingerprint density at radius 2 is 2.22 bits per heavy atom. The average molecular weight is 254 g/mol. The highest BCUT2D eigenvalue weighted by Crippen LogP contribution is 2.13. The molecule has 3 N–H and O–H groups in total. The maximum Gasteiger partial charge on any atom is 0.408 e. The summed E-state index contributed by atoms with van der Waals surface area (Å²) >= 11 is 0. The summed E-state index contributed by atoms with van der Waals surface area (Å²) in [6, 6.07) is 1.56. The van der Waals surface area contributed by atoms with Gasteiger partial charge in [-0.3, -0.25) is 4.68 Å². The van der Waals surface area contributed by atoms with Crippen molar-refractivity contribution >= 4 is 6.09 Å². The van der Waals surface area contributed by atoms with Crippen molar-refractivity contribution in [2.45, 2.75) is 39.3 Å². The number of aromatic nitrogens is 2. The van der Waals surface area contributed by atoms with E-state index in [1.54, 1.807) is 4.68 Å². The molecule has 0 aromatic carbocycles. The third kappa shape index (κ3) is 4.03. The van der Waals surface area contributed by atoms with Crippen LogP contribution in [0.5, 0.6) is 0 Å². The third-order valence-corrected chi connectivity index (χ3v) is 2.42. The Hall–Kier alpha value is -1.56. The van der Waals surface area contributed by atoms with Gasteiger partial charge in [-0.25, -0.2) is 4.79 Å². The van der Waals surface area contributed by atoms with E-state index >= 15 is 0 Å². The van der Waals surface area contributed by atoms with Gasteiger partial charge in [-0.15, -0.1) is 0 Å². The minimum atomic E-state index is -0.525. The monoisotopic (exact) mass is 254 g/mol. The first-order valence-corrected chi connectivity index (χ1v) is 5.93. The maximum atomic E-state index is 11.7. The predicted molar refractivity (Wildman–Crippen MR) is 69.1 cm³/mol. The zero-order chi connectivity index (χ0) is 13.9. The number of hydrogen-bond donors (Lipinski definition) is 2. The number of alkyl carbamates (subject to hydrolysis) is 1. The molecule has 6 heteroatoms. The van der Waals surface area contributed by atoms with E-state index in [0.29, 0.717) is 0 Å². The quantitative estimate of drug-likeness (QED) is 0.850. The zero-order valence-corrected chi connectivity index (χ0v) is 11.7. The van der Waals surface area contributed by atoms with E-state index in [4.69, 9.17) is 10.5 Å². The fraction of sp³-hybridized carbons (Fsp3) is 0.667. The molecule has 0 aliphatic heterocycles. The lowest BCUT2D eigenvalue weighted by atomic mass is 10.2. The lowest BCUT2D eigenvalue weighted by Gasteiger charge is -2.22. The Kier molecular flexibility index (Phi) is 4.34. The van der Waals surface area contributed by atoms with Gasteiger partial charge in [-0.2, -0.15) is 5.10 Å². The Morgan fingerprint density at radius 3 is 2.61 bits per heavy atom. The van der Waals surface area contributed by atoms with E-state index in [1.165, 1.54) is 0 Å². The van der Waals surface area contributed by atoms with Crippen LogP contribution < -0.4 is 11.1 Å². The predicted octanol–water partition coefficient (Wildman–Crippen LogP) is 1.25. The summed E-state index contributed by atoms with van der Waals surface area (Å²) in [6.45, 7) is 7.66. The highest BCUT2D eigenvalue weighted by atomic mass is 16.6. The van der Waals surface area contributed by atoms with Crippen LogP contribution in [-0.2, 0) is 11.8 Å². The van der Waals surface area contributed by atoms with E-state index in [9.17, 15) is 4.79 Å². The number of hydrogen-bond acceptors (Lipinski definition) is 4. The molecular weight excluding hydrogens is 232 g/mol. The molecule has 0 saturated carbocycles. The molecule has 0 aliphatic carbocycles. The van der Waals surface area contributed by atoms with Crippen LogP contribution in [-0.4, -0.2) is 28.0 Å². The summed E-state index contributed by atoms with van der Waals surface area (Å²) in [6.07, 6.45) is -0.485. The summed E-state index contributed by atoms with van der Waals surface area (Å²) in [5, 5.41) is 7.02. The normalized spacial score (nSPS) is 13.2. The molecule has 0 bridgehead atoms. The number of nitrogens with zero attached hydrogens (tertiary/aromatic N) is 2. The second-order valence-corrected chi connectivity index (χ2v) is 5.27. The summed E-state index contributed by atoms with van der Waals surface area (Å²) in [4.78, 5) is 11.7. The fourth-order valence-corrected chi connectivity index (χ4v) is 1.46. The van der Waals surface area contributed by atoms with E-state index in [2.05, 4.69) is 10.4 Å². The number of carbonyl (C=O) groups is 1. The molecular formula is C12H22N4O2. The first-order valence-electron chi connectivity index (χ1n) is 5.93. The van der Waals surface area contributed by atoms with E-state index in [1.807, 2.05) is 40.8 Å². The van der Waals surface area contributed by atoms with Gasteiger partial charge in [-0.05, 0) is 33.8 Å². The Morgan fingerprint density at radius 1 is 1.61 bits per heavy atom. The standard InChI is InChI=1S/C12H22N4O2/c1-8-6-9(15-16(8)5)10(7-13)14-11(17)18-12(2,3)4/h6,10H,7,13H2,1-5H3,(H,14,17). The Bertz CT molecular complexity index is 401. The number of ether oxygens (including phenoxy) is 1. The molecule has 0 saturated heterocycles. The molecule has 1 heterocycles. The number of nitrogens with one attached hydrogen (secondary N) is 1. The van der Waals surface area contributed by atoms with Crippen molar-refractivity contribution in [2.24, 2.45) is 12.8 Å². The van der Waals surface area contributed by atoms with Crippen LogP contribution in [0.25, 0.3) is 0 Å². The first-order chi connectivity index (χ1) is 8.23. The number of rotatable bonds is 3. The molecule has 1 amide bonds. The highest BCUT2D eigenvalue weighted by molar-refractivity contribution is 5.68. The van der Waals surface area contributed by atoms with Gasteiger partial charge in [0.1, 0.15) is 5.60 Å². The molecule has 0 fully saturated rings. The minimum Gasteiger partial charge on any atom is -0.444 e. The van der Waals surface area contributed by atoms with Crippen LogP contribution in [0.1, 0.15) is 38.2 Å². The number of aryl methyl sites for hydroxylation is 2. The summed E-state index contributed by atoms with van der Waals surface area (Å²) in [5.74, 6) is 0. The van der Waals surface area contributed by atoms with Crippen LogP contribution in [0.3, 0.4) is 0 Å². The van der Waals surface area contributed by atoms with E-state index in [0.717, 1.165) is 11.4 Å². The number of nitrogens with two attached hydrogens (primary N) is 1. The molecule has 102 valence electrons. The van der Waals surface area contributed by atoms with Crippen LogP contribution in [0.15, 0.2) is 6.07 Å². The molecule has 1 atom stereocenters. The summed E-state index contributed by atoms with van der Waals surface area (Å²) < 4.78 is 6.93. The van der Waals surface area contributed by atoms with Gasteiger partial charge < -0.3 is 15.8 Å². The largest absolute Gasteiger partial charge is 0.444 e. The van der Waals surface area contributed by atoms with Crippen molar-refractivity contribution in [3.63, 3.8) is 0 Å². The Balaban J connectivity index is 2.71. The van der Waals surface area contributed by atoms with Gasteiger partial charge in [0.15, 0.2) is 0 Å². The fourth-order valence-electron chi connectivity index (χ4n) is 1.46. The lowest BCUT2D eigenvalue weighted by molar-refractivity contribution is 0.0504. The SMILES string of the molecule is Cc1cc(C(CN)NC(=O)OC(C)(C)C)nn1C. The lowest BCUT2D eigenvalue weighted by Crippen LogP contribution is -2.38. The van der Waals surface area contributed by atoms with Gasteiger partial charge in [-0.1, -0.05) is 0 Å². The summed E-state index contributed by atoms with van der Waals surface area (Å²) in [7, 11) is 1.85. The average Bonchev–Trinajstić information content (AvgIpc) is 2.53. The molecule has 1 aromatic rings. The van der Waals surface area contributed by atoms with Gasteiger partial charge in [0, 0.05) is 19.3 Å².